The SMILES string of the molecule is C=C(O)CN1CCN(C(=O)CCC[C@@H](N)C(=O)O)CC1. The number of amides is 1. The first kappa shape index (κ1) is 16.5. The van der Waals surface area contributed by atoms with Gasteiger partial charge in [-0.2, -0.15) is 0 Å². The van der Waals surface area contributed by atoms with Crippen LogP contribution in [0, 0.1) is 0 Å². The number of rotatable bonds is 7. The van der Waals surface area contributed by atoms with Gasteiger partial charge in [-0.15, -0.1) is 0 Å². The maximum atomic E-state index is 11.9. The fraction of sp³-hybridized carbons (Fsp3) is 0.692. The molecule has 1 atom stereocenters. The van der Waals surface area contributed by atoms with Crippen LogP contribution in [0.1, 0.15) is 19.3 Å². The molecule has 20 heavy (non-hydrogen) atoms. The van der Waals surface area contributed by atoms with Crippen LogP contribution >= 0.6 is 0 Å². The molecule has 0 bridgehead atoms. The number of hydrogen-bond donors (Lipinski definition) is 3. The van der Waals surface area contributed by atoms with Crippen LogP contribution in [0.3, 0.4) is 0 Å². The summed E-state index contributed by atoms with van der Waals surface area (Å²) in [6.07, 6.45) is 1.12. The molecule has 0 saturated carbocycles. The normalized spacial score (nSPS) is 17.8. The average Bonchev–Trinajstić information content (AvgIpc) is 2.38. The lowest BCUT2D eigenvalue weighted by Crippen LogP contribution is -2.49. The standard InChI is InChI=1S/C13H23N3O4/c1-10(17)9-15-5-7-16(8-6-15)12(18)4-2-3-11(14)13(19)20/h11,17H,1-9,14H2,(H,19,20)/t11-/m1/s1. The maximum Gasteiger partial charge on any atom is 0.320 e. The highest BCUT2D eigenvalue weighted by Crippen LogP contribution is 2.08. The van der Waals surface area contributed by atoms with Crippen LogP contribution in [0.4, 0.5) is 0 Å². The molecule has 1 aliphatic rings. The fourth-order valence-corrected chi connectivity index (χ4v) is 2.17. The van der Waals surface area contributed by atoms with E-state index in [1.54, 1.807) is 4.90 Å². The van der Waals surface area contributed by atoms with E-state index in [0.29, 0.717) is 52.0 Å². The van der Waals surface area contributed by atoms with Gasteiger partial charge in [0, 0.05) is 32.6 Å². The molecule has 114 valence electrons. The van der Waals surface area contributed by atoms with Crippen LogP contribution in [0.15, 0.2) is 12.3 Å². The molecule has 7 nitrogen and oxygen atoms in total. The van der Waals surface area contributed by atoms with Crippen molar-refractivity contribution in [2.45, 2.75) is 25.3 Å². The molecule has 0 unspecified atom stereocenters. The molecule has 1 heterocycles. The Morgan fingerprint density at radius 3 is 2.30 bits per heavy atom. The molecule has 0 aromatic heterocycles. The molecule has 1 amide bonds. The summed E-state index contributed by atoms with van der Waals surface area (Å²) in [6.45, 7) is 6.55. The van der Waals surface area contributed by atoms with Gasteiger partial charge >= 0.3 is 5.97 Å². The van der Waals surface area contributed by atoms with Gasteiger partial charge in [-0.25, -0.2) is 0 Å². The zero-order valence-corrected chi connectivity index (χ0v) is 11.6. The minimum atomic E-state index is -1.03. The number of carbonyl (C=O) groups is 2. The second-order valence-corrected chi connectivity index (χ2v) is 5.06. The minimum absolute atomic E-state index is 0.0325. The van der Waals surface area contributed by atoms with E-state index in [-0.39, 0.29) is 11.7 Å². The van der Waals surface area contributed by atoms with E-state index in [1.807, 2.05) is 4.90 Å². The molecule has 0 aliphatic carbocycles. The molecule has 1 saturated heterocycles. The Morgan fingerprint density at radius 1 is 1.20 bits per heavy atom. The number of carboxylic acid groups (broad SMARTS) is 1. The van der Waals surface area contributed by atoms with Crippen molar-refractivity contribution in [1.29, 1.82) is 0 Å². The first-order valence-corrected chi connectivity index (χ1v) is 6.75. The summed E-state index contributed by atoms with van der Waals surface area (Å²) in [7, 11) is 0. The third-order valence-corrected chi connectivity index (χ3v) is 3.35. The maximum absolute atomic E-state index is 11.9. The highest BCUT2D eigenvalue weighted by atomic mass is 16.4. The van der Waals surface area contributed by atoms with Crippen molar-refractivity contribution in [2.75, 3.05) is 32.7 Å². The third kappa shape index (κ3) is 5.58. The molecule has 1 fully saturated rings. The molecule has 7 heteroatoms. The Bertz CT molecular complexity index is 365. The number of nitrogens with zero attached hydrogens (tertiary/aromatic N) is 2. The number of carbonyl (C=O) groups excluding carboxylic acids is 1. The quantitative estimate of drug-likeness (QED) is 0.558. The van der Waals surface area contributed by atoms with Crippen molar-refractivity contribution in [1.82, 2.24) is 9.80 Å². The van der Waals surface area contributed by atoms with Crippen molar-refractivity contribution in [3.8, 4) is 0 Å². The molecular weight excluding hydrogens is 262 g/mol. The predicted molar refractivity (Wildman–Crippen MR) is 74.3 cm³/mol. The van der Waals surface area contributed by atoms with Crippen LogP contribution in [0.25, 0.3) is 0 Å². The number of hydrogen-bond acceptors (Lipinski definition) is 5. The molecule has 1 aliphatic heterocycles. The van der Waals surface area contributed by atoms with E-state index in [4.69, 9.17) is 15.9 Å². The number of aliphatic carboxylic acids is 1. The van der Waals surface area contributed by atoms with Gasteiger partial charge in [0.05, 0.1) is 12.3 Å². The second-order valence-electron chi connectivity index (χ2n) is 5.06. The molecule has 0 spiro atoms. The van der Waals surface area contributed by atoms with Crippen molar-refractivity contribution in [2.24, 2.45) is 5.73 Å². The van der Waals surface area contributed by atoms with Gasteiger partial charge in [-0.3, -0.25) is 14.5 Å². The Kier molecular flexibility index (Phi) is 6.47. The first-order chi connectivity index (χ1) is 9.40. The van der Waals surface area contributed by atoms with E-state index in [2.05, 4.69) is 6.58 Å². The van der Waals surface area contributed by atoms with Gasteiger partial charge in [0.15, 0.2) is 0 Å². The van der Waals surface area contributed by atoms with Crippen LogP contribution in [-0.4, -0.2) is 70.7 Å². The summed E-state index contributed by atoms with van der Waals surface area (Å²) in [5, 5.41) is 17.8. The molecule has 0 radical (unpaired) electrons. The Morgan fingerprint density at radius 2 is 1.80 bits per heavy atom. The summed E-state index contributed by atoms with van der Waals surface area (Å²) in [4.78, 5) is 26.3. The largest absolute Gasteiger partial charge is 0.512 e. The van der Waals surface area contributed by atoms with Gasteiger partial charge in [0.1, 0.15) is 6.04 Å². The monoisotopic (exact) mass is 285 g/mol. The predicted octanol–water partition coefficient (Wildman–Crippen LogP) is -0.215. The van der Waals surface area contributed by atoms with Crippen LogP contribution in [0.5, 0.6) is 0 Å². The van der Waals surface area contributed by atoms with E-state index in [1.165, 1.54) is 0 Å². The highest BCUT2D eigenvalue weighted by Gasteiger charge is 2.21. The van der Waals surface area contributed by atoms with Crippen molar-refractivity contribution < 1.29 is 19.8 Å². The molecular formula is C13H23N3O4. The lowest BCUT2D eigenvalue weighted by molar-refractivity contribution is -0.139. The van der Waals surface area contributed by atoms with E-state index in [9.17, 15) is 9.59 Å². The smallest absolute Gasteiger partial charge is 0.320 e. The number of aliphatic hydroxyl groups excluding tert-OH is 1. The molecule has 4 N–H and O–H groups in total. The number of carboxylic acids is 1. The highest BCUT2D eigenvalue weighted by molar-refractivity contribution is 5.76. The Balaban J connectivity index is 2.22. The van der Waals surface area contributed by atoms with Crippen LogP contribution in [-0.2, 0) is 9.59 Å². The second kappa shape index (κ2) is 7.86. The van der Waals surface area contributed by atoms with E-state index >= 15 is 0 Å². The van der Waals surface area contributed by atoms with Gasteiger partial charge in [0.2, 0.25) is 5.91 Å². The number of piperazine rings is 1. The lowest BCUT2D eigenvalue weighted by Gasteiger charge is -2.34. The van der Waals surface area contributed by atoms with Gasteiger partial charge in [-0.1, -0.05) is 6.58 Å². The van der Waals surface area contributed by atoms with Crippen LogP contribution in [0.2, 0.25) is 0 Å². The topological polar surface area (TPSA) is 107 Å². The Hall–Kier alpha value is -1.60. The zero-order valence-electron chi connectivity index (χ0n) is 11.6. The lowest BCUT2D eigenvalue weighted by atomic mass is 10.1. The fourth-order valence-electron chi connectivity index (χ4n) is 2.17. The van der Waals surface area contributed by atoms with Gasteiger partial charge < -0.3 is 20.8 Å². The van der Waals surface area contributed by atoms with Crippen molar-refractivity contribution >= 4 is 11.9 Å². The molecule has 1 rings (SSSR count). The van der Waals surface area contributed by atoms with Gasteiger partial charge in [0.25, 0.3) is 0 Å². The summed E-state index contributed by atoms with van der Waals surface area (Å²) in [5.41, 5.74) is 5.38. The third-order valence-electron chi connectivity index (χ3n) is 3.35. The zero-order chi connectivity index (χ0) is 15.1. The molecule has 0 aromatic carbocycles. The average molecular weight is 285 g/mol. The summed E-state index contributed by atoms with van der Waals surface area (Å²) >= 11 is 0. The number of aliphatic hydroxyl groups is 1. The van der Waals surface area contributed by atoms with Crippen molar-refractivity contribution in [3.63, 3.8) is 0 Å². The summed E-state index contributed by atoms with van der Waals surface area (Å²) < 4.78 is 0. The van der Waals surface area contributed by atoms with Gasteiger partial charge in [-0.05, 0) is 12.8 Å². The van der Waals surface area contributed by atoms with Crippen LogP contribution < -0.4 is 5.73 Å². The number of nitrogens with two attached hydrogens (primary N) is 1. The first-order valence-electron chi connectivity index (χ1n) is 6.75. The molecule has 0 aromatic rings. The van der Waals surface area contributed by atoms with Crippen molar-refractivity contribution in [3.05, 3.63) is 12.3 Å². The minimum Gasteiger partial charge on any atom is -0.512 e. The summed E-state index contributed by atoms with van der Waals surface area (Å²) in [5.74, 6) is -0.868. The Labute approximate surface area is 118 Å². The van der Waals surface area contributed by atoms with E-state index < -0.39 is 12.0 Å². The van der Waals surface area contributed by atoms with E-state index in [0.717, 1.165) is 0 Å². The summed E-state index contributed by atoms with van der Waals surface area (Å²) in [6, 6.07) is -0.893.